The molecule has 0 atom stereocenters. The molecule has 3 nitrogen and oxygen atoms in total. The highest BCUT2D eigenvalue weighted by Gasteiger charge is 2.31. The monoisotopic (exact) mass is 281 g/mol. The fourth-order valence-corrected chi connectivity index (χ4v) is 4.10. The van der Waals surface area contributed by atoms with Gasteiger partial charge in [0.05, 0.1) is 0 Å². The van der Waals surface area contributed by atoms with Crippen LogP contribution in [0, 0.1) is 0 Å². The molecule has 1 heterocycles. The molecule has 118 valence electrons. The summed E-state index contributed by atoms with van der Waals surface area (Å²) in [6.07, 6.45) is 11.1. The molecule has 1 aliphatic carbocycles. The summed E-state index contributed by atoms with van der Waals surface area (Å²) in [5, 5.41) is 3.66. The largest absolute Gasteiger partial charge is 0.314 e. The second-order valence-electron chi connectivity index (χ2n) is 6.99. The summed E-state index contributed by atoms with van der Waals surface area (Å²) >= 11 is 0. The summed E-state index contributed by atoms with van der Waals surface area (Å²) in [6.45, 7) is 7.35. The lowest BCUT2D eigenvalue weighted by Gasteiger charge is -2.41. The molecule has 1 saturated carbocycles. The highest BCUT2D eigenvalue weighted by atomic mass is 15.2. The van der Waals surface area contributed by atoms with Gasteiger partial charge in [-0.15, -0.1) is 0 Å². The Bertz CT molecular complexity index is 265. The summed E-state index contributed by atoms with van der Waals surface area (Å²) in [7, 11) is 4.52. The van der Waals surface area contributed by atoms with Crippen LogP contribution in [0.2, 0.25) is 0 Å². The lowest BCUT2D eigenvalue weighted by atomic mass is 9.79. The van der Waals surface area contributed by atoms with E-state index in [0.717, 1.165) is 6.04 Å². The standard InChI is InChI=1S/C17H35N3/c1-4-20-13-8-16(9-14-20)19(3)15-12-17(18-2)10-6-5-7-11-17/h16,18H,4-15H2,1-3H3. The molecule has 1 N–H and O–H groups in total. The van der Waals surface area contributed by atoms with E-state index in [0.29, 0.717) is 5.54 Å². The van der Waals surface area contributed by atoms with Crippen LogP contribution in [-0.4, -0.2) is 61.7 Å². The molecule has 2 aliphatic rings. The molecule has 2 fully saturated rings. The van der Waals surface area contributed by atoms with E-state index in [9.17, 15) is 0 Å². The molecule has 0 bridgehead atoms. The second kappa shape index (κ2) is 7.77. The van der Waals surface area contributed by atoms with Gasteiger partial charge in [0, 0.05) is 11.6 Å². The Morgan fingerprint density at radius 3 is 2.35 bits per heavy atom. The van der Waals surface area contributed by atoms with Gasteiger partial charge >= 0.3 is 0 Å². The normalized spacial score (nSPS) is 25.2. The summed E-state index contributed by atoms with van der Waals surface area (Å²) in [5.74, 6) is 0. The third-order valence-electron chi connectivity index (χ3n) is 5.91. The molecule has 0 aromatic heterocycles. The number of nitrogens with zero attached hydrogens (tertiary/aromatic N) is 2. The predicted molar refractivity (Wildman–Crippen MR) is 87.3 cm³/mol. The van der Waals surface area contributed by atoms with Crippen molar-refractivity contribution in [1.29, 1.82) is 0 Å². The van der Waals surface area contributed by atoms with Gasteiger partial charge in [0.2, 0.25) is 0 Å². The van der Waals surface area contributed by atoms with Crippen molar-refractivity contribution >= 4 is 0 Å². The predicted octanol–water partition coefficient (Wildman–Crippen LogP) is 2.71. The van der Waals surface area contributed by atoms with Gasteiger partial charge < -0.3 is 15.1 Å². The first kappa shape index (κ1) is 16.3. The molecule has 0 aromatic rings. The zero-order valence-electron chi connectivity index (χ0n) is 14.0. The maximum Gasteiger partial charge on any atom is 0.0190 e. The first-order valence-corrected chi connectivity index (χ1v) is 8.80. The molecule has 3 heteroatoms. The zero-order valence-corrected chi connectivity index (χ0v) is 14.0. The summed E-state index contributed by atoms with van der Waals surface area (Å²) in [5.41, 5.74) is 0.441. The molecular formula is C17H35N3. The van der Waals surface area contributed by atoms with Crippen LogP contribution in [0.1, 0.15) is 58.3 Å². The van der Waals surface area contributed by atoms with Crippen molar-refractivity contribution in [3.63, 3.8) is 0 Å². The molecular weight excluding hydrogens is 246 g/mol. The zero-order chi connectivity index (χ0) is 14.4. The van der Waals surface area contributed by atoms with Gasteiger partial charge in [0.15, 0.2) is 0 Å². The average Bonchev–Trinajstić information content (AvgIpc) is 2.53. The first-order valence-electron chi connectivity index (χ1n) is 8.80. The number of rotatable bonds is 6. The number of likely N-dealkylation sites (tertiary alicyclic amines) is 1. The summed E-state index contributed by atoms with van der Waals surface area (Å²) < 4.78 is 0. The van der Waals surface area contributed by atoms with E-state index in [-0.39, 0.29) is 0 Å². The maximum absolute atomic E-state index is 3.66. The molecule has 0 amide bonds. The molecule has 1 aliphatic heterocycles. The average molecular weight is 281 g/mol. The van der Waals surface area contributed by atoms with Gasteiger partial charge in [-0.3, -0.25) is 0 Å². The third-order valence-corrected chi connectivity index (χ3v) is 5.91. The van der Waals surface area contributed by atoms with Crippen LogP contribution in [0.3, 0.4) is 0 Å². The van der Waals surface area contributed by atoms with Crippen LogP contribution >= 0.6 is 0 Å². The van der Waals surface area contributed by atoms with Crippen molar-refractivity contribution < 1.29 is 0 Å². The van der Waals surface area contributed by atoms with Gasteiger partial charge in [0.25, 0.3) is 0 Å². The number of nitrogens with one attached hydrogen (secondary N) is 1. The molecule has 1 saturated heterocycles. The SMILES string of the molecule is CCN1CCC(N(C)CCC2(NC)CCCCC2)CC1. The Labute approximate surface area is 126 Å². The quantitative estimate of drug-likeness (QED) is 0.807. The van der Waals surface area contributed by atoms with Crippen LogP contribution in [-0.2, 0) is 0 Å². The molecule has 2 rings (SSSR count). The van der Waals surface area contributed by atoms with Crippen molar-refractivity contribution in [2.45, 2.75) is 69.9 Å². The number of piperidine rings is 1. The van der Waals surface area contributed by atoms with Crippen molar-refractivity contribution in [1.82, 2.24) is 15.1 Å². The molecule has 0 unspecified atom stereocenters. The minimum atomic E-state index is 0.441. The Morgan fingerprint density at radius 1 is 1.15 bits per heavy atom. The van der Waals surface area contributed by atoms with Crippen LogP contribution < -0.4 is 5.32 Å². The van der Waals surface area contributed by atoms with Crippen LogP contribution in [0.4, 0.5) is 0 Å². The molecule has 0 aromatic carbocycles. The maximum atomic E-state index is 3.66. The van der Waals surface area contributed by atoms with Crippen LogP contribution in [0.5, 0.6) is 0 Å². The van der Waals surface area contributed by atoms with Gasteiger partial charge in [-0.2, -0.15) is 0 Å². The van der Waals surface area contributed by atoms with E-state index < -0.39 is 0 Å². The van der Waals surface area contributed by atoms with Gasteiger partial charge in [-0.05, 0) is 72.4 Å². The van der Waals surface area contributed by atoms with Crippen molar-refractivity contribution in [2.24, 2.45) is 0 Å². The van der Waals surface area contributed by atoms with Crippen LogP contribution in [0.25, 0.3) is 0 Å². The van der Waals surface area contributed by atoms with E-state index >= 15 is 0 Å². The lowest BCUT2D eigenvalue weighted by molar-refractivity contribution is 0.115. The molecule has 0 spiro atoms. The van der Waals surface area contributed by atoms with E-state index in [2.05, 4.69) is 36.1 Å². The van der Waals surface area contributed by atoms with E-state index in [1.54, 1.807) is 0 Å². The minimum Gasteiger partial charge on any atom is -0.314 e. The van der Waals surface area contributed by atoms with Crippen molar-refractivity contribution in [3.8, 4) is 0 Å². The van der Waals surface area contributed by atoms with E-state index in [4.69, 9.17) is 0 Å². The van der Waals surface area contributed by atoms with Gasteiger partial charge in [-0.1, -0.05) is 26.2 Å². The molecule has 0 radical (unpaired) electrons. The smallest absolute Gasteiger partial charge is 0.0190 e. The first-order chi connectivity index (χ1) is 9.69. The number of hydrogen-bond donors (Lipinski definition) is 1. The Kier molecular flexibility index (Phi) is 6.31. The van der Waals surface area contributed by atoms with Gasteiger partial charge in [0.1, 0.15) is 0 Å². The van der Waals surface area contributed by atoms with Crippen molar-refractivity contribution in [2.75, 3.05) is 40.3 Å². The Morgan fingerprint density at radius 2 is 1.80 bits per heavy atom. The van der Waals surface area contributed by atoms with E-state index in [1.165, 1.54) is 77.5 Å². The topological polar surface area (TPSA) is 18.5 Å². The number of hydrogen-bond acceptors (Lipinski definition) is 3. The lowest BCUT2D eigenvalue weighted by Crippen LogP contribution is -2.49. The summed E-state index contributed by atoms with van der Waals surface area (Å²) in [6, 6.07) is 0.815. The highest BCUT2D eigenvalue weighted by molar-refractivity contribution is 4.91. The fourth-order valence-electron chi connectivity index (χ4n) is 4.10. The summed E-state index contributed by atoms with van der Waals surface area (Å²) in [4.78, 5) is 5.22. The fraction of sp³-hybridized carbons (Fsp3) is 1.00. The third kappa shape index (κ3) is 4.19. The van der Waals surface area contributed by atoms with Crippen LogP contribution in [0.15, 0.2) is 0 Å². The van der Waals surface area contributed by atoms with E-state index in [1.807, 2.05) is 0 Å². The Balaban J connectivity index is 1.75. The highest BCUT2D eigenvalue weighted by Crippen LogP contribution is 2.31. The Hall–Kier alpha value is -0.120. The second-order valence-corrected chi connectivity index (χ2v) is 6.99. The van der Waals surface area contributed by atoms with Crippen molar-refractivity contribution in [3.05, 3.63) is 0 Å². The molecule has 20 heavy (non-hydrogen) atoms. The van der Waals surface area contributed by atoms with Gasteiger partial charge in [-0.25, -0.2) is 0 Å². The minimum absolute atomic E-state index is 0.441.